The zero-order valence-electron chi connectivity index (χ0n) is 9.77. The third-order valence-electron chi connectivity index (χ3n) is 2.47. The molecule has 0 spiro atoms. The predicted molar refractivity (Wildman–Crippen MR) is 76.0 cm³/mol. The van der Waals surface area contributed by atoms with Crippen molar-refractivity contribution < 1.29 is 0 Å². The minimum atomic E-state index is -0.194. The third-order valence-corrected chi connectivity index (χ3v) is 3.42. The van der Waals surface area contributed by atoms with E-state index in [4.69, 9.17) is 0 Å². The minimum absolute atomic E-state index is 0.194. The van der Waals surface area contributed by atoms with Gasteiger partial charge in [0.25, 0.3) is 5.56 Å². The smallest absolute Gasteiger partial charge is 0.273 e. The number of allylic oxidation sites excluding steroid dienone is 2. The van der Waals surface area contributed by atoms with Crippen LogP contribution in [0.1, 0.15) is 11.4 Å². The summed E-state index contributed by atoms with van der Waals surface area (Å²) in [6.07, 6.45) is 3.10. The van der Waals surface area contributed by atoms with Crippen molar-refractivity contribution in [2.75, 3.05) is 0 Å². The maximum absolute atomic E-state index is 12.0. The number of nitrogens with one attached hydrogen (secondary N) is 1. The van der Waals surface area contributed by atoms with Crippen molar-refractivity contribution in [1.82, 2.24) is 14.6 Å². The first kappa shape index (κ1) is 12.5. The van der Waals surface area contributed by atoms with Crippen molar-refractivity contribution in [2.45, 2.75) is 6.92 Å². The Morgan fingerprint density at radius 3 is 3.00 bits per heavy atom. The van der Waals surface area contributed by atoms with Crippen molar-refractivity contribution in [3.63, 3.8) is 0 Å². The summed E-state index contributed by atoms with van der Waals surface area (Å²) in [4.78, 5) is 20.0. The Morgan fingerprint density at radius 1 is 1.67 bits per heavy atom. The summed E-state index contributed by atoms with van der Waals surface area (Å²) in [6.45, 7) is 8.90. The fourth-order valence-corrected chi connectivity index (χ4v) is 1.95. The van der Waals surface area contributed by atoms with Gasteiger partial charge in [0.2, 0.25) is 0 Å². The van der Waals surface area contributed by atoms with Crippen LogP contribution >= 0.6 is 15.9 Å². The van der Waals surface area contributed by atoms with Gasteiger partial charge < -0.3 is 0 Å². The van der Waals surface area contributed by atoms with Gasteiger partial charge in [-0.05, 0) is 29.6 Å². The first-order chi connectivity index (χ1) is 8.58. The summed E-state index contributed by atoms with van der Waals surface area (Å²) in [5, 5.41) is 2.92. The molecule has 2 aromatic rings. The van der Waals surface area contributed by atoms with Crippen LogP contribution in [0, 0.1) is 6.92 Å². The molecule has 0 saturated carbocycles. The van der Waals surface area contributed by atoms with Crippen LogP contribution in [0.15, 0.2) is 39.2 Å². The fraction of sp³-hybridized carbons (Fsp3) is 0.0833. The van der Waals surface area contributed by atoms with E-state index in [0.717, 1.165) is 10.2 Å². The number of halogens is 1. The number of fused-ring (bicyclic) bond motifs is 1. The standard InChI is InChI=1S/C12H11BrN4O/c1-4-8(6-14-3)9-5-10(18)17-12(15-9)11(13)7(2)16-17/h4-6,16H,1,3H2,2H3/b8-6+. The van der Waals surface area contributed by atoms with Gasteiger partial charge in [-0.2, -0.15) is 0 Å². The lowest BCUT2D eigenvalue weighted by Crippen LogP contribution is -2.15. The lowest BCUT2D eigenvalue weighted by Gasteiger charge is -2.00. The second-order valence-electron chi connectivity index (χ2n) is 3.66. The quantitative estimate of drug-likeness (QED) is 0.699. The van der Waals surface area contributed by atoms with E-state index in [1.54, 1.807) is 6.08 Å². The molecule has 0 aliphatic heterocycles. The first-order valence-corrected chi connectivity index (χ1v) is 5.94. The van der Waals surface area contributed by atoms with E-state index in [1.165, 1.54) is 16.8 Å². The van der Waals surface area contributed by atoms with Gasteiger partial charge >= 0.3 is 0 Å². The SMILES string of the molecule is C=C/C(=C\N=C)c1cc(=O)n2[nH]c(C)c(Br)c2n1. The molecule has 18 heavy (non-hydrogen) atoms. The predicted octanol–water partition coefficient (Wildman–Crippen LogP) is 2.32. The van der Waals surface area contributed by atoms with Gasteiger partial charge in [0, 0.05) is 23.5 Å². The van der Waals surface area contributed by atoms with Crippen molar-refractivity contribution >= 4 is 33.9 Å². The highest BCUT2D eigenvalue weighted by Gasteiger charge is 2.11. The van der Waals surface area contributed by atoms with Crippen molar-refractivity contribution in [3.8, 4) is 0 Å². The zero-order chi connectivity index (χ0) is 13.3. The number of hydrogen-bond acceptors (Lipinski definition) is 3. The molecule has 0 atom stereocenters. The number of nitrogens with zero attached hydrogens (tertiary/aromatic N) is 3. The van der Waals surface area contributed by atoms with E-state index < -0.39 is 0 Å². The Morgan fingerprint density at radius 2 is 2.39 bits per heavy atom. The Labute approximate surface area is 112 Å². The molecule has 0 bridgehead atoms. The maximum atomic E-state index is 12.0. The summed E-state index contributed by atoms with van der Waals surface area (Å²) in [6, 6.07) is 1.42. The number of aryl methyl sites for hydroxylation is 1. The van der Waals surface area contributed by atoms with Crippen LogP contribution in [0.2, 0.25) is 0 Å². The number of rotatable bonds is 3. The molecule has 5 nitrogen and oxygen atoms in total. The topological polar surface area (TPSA) is 62.5 Å². The van der Waals surface area contributed by atoms with Crippen LogP contribution in [-0.2, 0) is 0 Å². The van der Waals surface area contributed by atoms with E-state index in [9.17, 15) is 4.79 Å². The highest BCUT2D eigenvalue weighted by atomic mass is 79.9. The molecule has 0 aromatic carbocycles. The van der Waals surface area contributed by atoms with Crippen LogP contribution in [0.4, 0.5) is 0 Å². The van der Waals surface area contributed by atoms with Crippen molar-refractivity contribution in [2.24, 2.45) is 4.99 Å². The molecule has 92 valence electrons. The molecule has 2 rings (SSSR count). The highest BCUT2D eigenvalue weighted by molar-refractivity contribution is 9.10. The summed E-state index contributed by atoms with van der Waals surface area (Å²) in [5.41, 5.74) is 2.34. The van der Waals surface area contributed by atoms with Gasteiger partial charge in [-0.15, -0.1) is 0 Å². The van der Waals surface area contributed by atoms with Crippen LogP contribution in [-0.4, -0.2) is 21.3 Å². The van der Waals surface area contributed by atoms with Crippen LogP contribution in [0.5, 0.6) is 0 Å². The summed E-state index contributed by atoms with van der Waals surface area (Å²) in [5.74, 6) is 0. The summed E-state index contributed by atoms with van der Waals surface area (Å²) < 4.78 is 2.14. The molecule has 0 amide bonds. The molecule has 0 aliphatic carbocycles. The molecule has 2 aromatic heterocycles. The molecular weight excluding hydrogens is 296 g/mol. The Balaban J connectivity index is 2.80. The van der Waals surface area contributed by atoms with Gasteiger partial charge in [-0.3, -0.25) is 14.9 Å². The van der Waals surface area contributed by atoms with Gasteiger partial charge in [0.05, 0.1) is 10.2 Å². The average molecular weight is 307 g/mol. The number of aromatic nitrogens is 3. The second-order valence-corrected chi connectivity index (χ2v) is 4.45. The highest BCUT2D eigenvalue weighted by Crippen LogP contribution is 2.21. The third kappa shape index (κ3) is 1.95. The minimum Gasteiger partial charge on any atom is -0.293 e. The molecule has 2 heterocycles. The largest absolute Gasteiger partial charge is 0.293 e. The molecule has 0 radical (unpaired) electrons. The second kappa shape index (κ2) is 4.73. The van der Waals surface area contributed by atoms with E-state index in [2.05, 4.69) is 44.3 Å². The van der Waals surface area contributed by atoms with Gasteiger partial charge in [0.15, 0.2) is 5.65 Å². The van der Waals surface area contributed by atoms with Crippen molar-refractivity contribution in [3.05, 3.63) is 51.1 Å². The molecule has 0 saturated heterocycles. The first-order valence-electron chi connectivity index (χ1n) is 5.15. The van der Waals surface area contributed by atoms with E-state index in [1.807, 2.05) is 6.92 Å². The number of H-pyrrole nitrogens is 1. The normalized spacial score (nSPS) is 11.8. The van der Waals surface area contributed by atoms with Crippen molar-refractivity contribution in [1.29, 1.82) is 0 Å². The molecule has 6 heteroatoms. The molecular formula is C12H11BrN4O. The molecule has 0 fully saturated rings. The number of hydrogen-bond donors (Lipinski definition) is 1. The zero-order valence-corrected chi connectivity index (χ0v) is 11.4. The lowest BCUT2D eigenvalue weighted by molar-refractivity contribution is 0.878. The van der Waals surface area contributed by atoms with E-state index in [-0.39, 0.29) is 5.56 Å². The molecule has 0 unspecified atom stereocenters. The van der Waals surface area contributed by atoms with Crippen LogP contribution in [0.3, 0.4) is 0 Å². The summed E-state index contributed by atoms with van der Waals surface area (Å²) in [7, 11) is 0. The number of aliphatic imine (C=N–C) groups is 1. The maximum Gasteiger partial charge on any atom is 0.273 e. The van der Waals surface area contributed by atoms with Gasteiger partial charge in [-0.25, -0.2) is 9.50 Å². The Bertz CT molecular complexity index is 723. The van der Waals surface area contributed by atoms with Gasteiger partial charge in [0.1, 0.15) is 0 Å². The van der Waals surface area contributed by atoms with E-state index >= 15 is 0 Å². The molecule has 1 N–H and O–H groups in total. The fourth-order valence-electron chi connectivity index (χ4n) is 1.59. The average Bonchev–Trinajstić information content (AvgIpc) is 2.64. The summed E-state index contributed by atoms with van der Waals surface area (Å²) >= 11 is 3.39. The lowest BCUT2D eigenvalue weighted by atomic mass is 10.2. The van der Waals surface area contributed by atoms with E-state index in [0.29, 0.717) is 16.9 Å². The van der Waals surface area contributed by atoms with Crippen LogP contribution in [0.25, 0.3) is 11.2 Å². The Hall–Kier alpha value is -1.95. The molecule has 0 aliphatic rings. The van der Waals surface area contributed by atoms with Crippen LogP contribution < -0.4 is 5.56 Å². The van der Waals surface area contributed by atoms with Gasteiger partial charge in [-0.1, -0.05) is 12.7 Å². The number of aromatic amines is 1. The monoisotopic (exact) mass is 306 g/mol. The Kier molecular flexibility index (Phi) is 3.29.